The van der Waals surface area contributed by atoms with Crippen molar-refractivity contribution in [3.05, 3.63) is 82.3 Å². The van der Waals surface area contributed by atoms with Crippen molar-refractivity contribution in [2.45, 2.75) is 30.7 Å². The fraction of sp³-hybridized carbons (Fsp3) is 0.200. The second-order valence-corrected chi connectivity index (χ2v) is 9.77. The smallest absolute Gasteiger partial charge is 0.321 e. The number of rotatable bonds is 10. The standard InChI is InChI=1S/C25H25Cl2N3O4S/c1-2-12-28-25(33)29-20-5-3-4-18(14-20)17-8-6-16(7-9-17)13-22(24(31)32)30-35(34)23-15-19(26)10-11-21(23)27/h3-11,14-15,22,30H,2,12-13H2,1H3,(H,31,32)(H2,28,29,33). The highest BCUT2D eigenvalue weighted by Gasteiger charge is 2.22. The first kappa shape index (κ1) is 26.7. The van der Waals surface area contributed by atoms with Crippen molar-refractivity contribution in [2.24, 2.45) is 0 Å². The summed E-state index contributed by atoms with van der Waals surface area (Å²) in [6.07, 6.45) is 0.959. The minimum absolute atomic E-state index is 0.110. The van der Waals surface area contributed by atoms with Gasteiger partial charge >= 0.3 is 12.0 Å². The average Bonchev–Trinajstić information content (AvgIpc) is 2.84. The van der Waals surface area contributed by atoms with Gasteiger partial charge in [-0.05, 0) is 59.9 Å². The van der Waals surface area contributed by atoms with E-state index in [1.54, 1.807) is 12.1 Å². The summed E-state index contributed by atoms with van der Waals surface area (Å²) in [7, 11) is -1.86. The zero-order chi connectivity index (χ0) is 25.4. The maximum atomic E-state index is 12.7. The lowest BCUT2D eigenvalue weighted by Crippen LogP contribution is -2.39. The lowest BCUT2D eigenvalue weighted by molar-refractivity contribution is -0.138. The lowest BCUT2D eigenvalue weighted by atomic mass is 10.0. The minimum Gasteiger partial charge on any atom is -0.480 e. The zero-order valence-electron chi connectivity index (χ0n) is 18.9. The summed E-state index contributed by atoms with van der Waals surface area (Å²) in [4.78, 5) is 23.9. The van der Waals surface area contributed by atoms with Gasteiger partial charge in [0.1, 0.15) is 17.0 Å². The first-order valence-electron chi connectivity index (χ1n) is 10.9. The van der Waals surface area contributed by atoms with Crippen molar-refractivity contribution in [1.29, 1.82) is 0 Å². The van der Waals surface area contributed by atoms with E-state index < -0.39 is 23.0 Å². The van der Waals surface area contributed by atoms with E-state index in [4.69, 9.17) is 23.2 Å². The van der Waals surface area contributed by atoms with Crippen LogP contribution < -0.4 is 15.4 Å². The van der Waals surface area contributed by atoms with Crippen LogP contribution in [0.2, 0.25) is 10.0 Å². The molecule has 184 valence electrons. The molecule has 0 saturated heterocycles. The molecular formula is C25H25Cl2N3O4S. The van der Waals surface area contributed by atoms with E-state index in [0.717, 1.165) is 23.1 Å². The summed E-state index contributed by atoms with van der Waals surface area (Å²) in [5, 5.41) is 15.8. The Bertz CT molecular complexity index is 1220. The highest BCUT2D eigenvalue weighted by atomic mass is 35.5. The number of aliphatic carboxylic acids is 1. The lowest BCUT2D eigenvalue weighted by Gasteiger charge is -2.15. The Balaban J connectivity index is 1.69. The molecular weight excluding hydrogens is 509 g/mol. The van der Waals surface area contributed by atoms with E-state index in [2.05, 4.69) is 15.4 Å². The molecule has 35 heavy (non-hydrogen) atoms. The molecule has 7 nitrogen and oxygen atoms in total. The monoisotopic (exact) mass is 533 g/mol. The van der Waals surface area contributed by atoms with Gasteiger partial charge in [-0.1, -0.05) is 66.5 Å². The van der Waals surface area contributed by atoms with Crippen molar-refractivity contribution in [1.82, 2.24) is 10.0 Å². The van der Waals surface area contributed by atoms with Gasteiger partial charge in [-0.2, -0.15) is 0 Å². The molecule has 0 spiro atoms. The van der Waals surface area contributed by atoms with Crippen molar-refractivity contribution in [3.63, 3.8) is 0 Å². The number of urea groups is 1. The number of carboxylic acid groups (broad SMARTS) is 1. The minimum atomic E-state index is -1.86. The molecule has 0 bridgehead atoms. The quantitative estimate of drug-likeness (QED) is 0.276. The summed E-state index contributed by atoms with van der Waals surface area (Å²) in [5.41, 5.74) is 3.21. The van der Waals surface area contributed by atoms with Crippen LogP contribution in [0.3, 0.4) is 0 Å². The molecule has 2 amide bonds. The average molecular weight is 534 g/mol. The molecule has 0 aliphatic carbocycles. The van der Waals surface area contributed by atoms with E-state index in [1.807, 2.05) is 49.4 Å². The van der Waals surface area contributed by atoms with E-state index in [9.17, 15) is 18.9 Å². The van der Waals surface area contributed by atoms with Crippen LogP contribution in [-0.4, -0.2) is 33.9 Å². The maximum Gasteiger partial charge on any atom is 0.321 e. The molecule has 2 unspecified atom stereocenters. The molecule has 0 radical (unpaired) electrons. The highest BCUT2D eigenvalue weighted by molar-refractivity contribution is 7.83. The van der Waals surface area contributed by atoms with Crippen LogP contribution in [0.5, 0.6) is 0 Å². The number of carbonyl (C=O) groups is 2. The Morgan fingerprint density at radius 2 is 1.74 bits per heavy atom. The van der Waals surface area contributed by atoms with Gasteiger partial charge in [-0.15, -0.1) is 0 Å². The summed E-state index contributed by atoms with van der Waals surface area (Å²) in [6.45, 7) is 2.58. The molecule has 0 aromatic heterocycles. The van der Waals surface area contributed by atoms with Crippen molar-refractivity contribution in [3.8, 4) is 11.1 Å². The van der Waals surface area contributed by atoms with Gasteiger partial charge in [-0.3, -0.25) is 4.79 Å². The van der Waals surface area contributed by atoms with Crippen LogP contribution in [0.25, 0.3) is 11.1 Å². The van der Waals surface area contributed by atoms with Crippen molar-refractivity contribution in [2.75, 3.05) is 11.9 Å². The van der Waals surface area contributed by atoms with Crippen LogP contribution in [0.15, 0.2) is 71.6 Å². The second kappa shape index (κ2) is 12.7. The topological polar surface area (TPSA) is 108 Å². The summed E-state index contributed by atoms with van der Waals surface area (Å²) >= 11 is 12.0. The Morgan fingerprint density at radius 1 is 1.00 bits per heavy atom. The highest BCUT2D eigenvalue weighted by Crippen LogP contribution is 2.25. The molecule has 0 heterocycles. The fourth-order valence-electron chi connectivity index (χ4n) is 3.25. The third-order valence-corrected chi connectivity index (χ3v) is 6.94. The van der Waals surface area contributed by atoms with Crippen LogP contribution in [0, 0.1) is 0 Å². The third-order valence-electron chi connectivity index (χ3n) is 5.02. The third kappa shape index (κ3) is 7.80. The zero-order valence-corrected chi connectivity index (χ0v) is 21.2. The predicted molar refractivity (Wildman–Crippen MR) is 140 cm³/mol. The molecule has 3 aromatic rings. The van der Waals surface area contributed by atoms with Crippen LogP contribution in [0.4, 0.5) is 10.5 Å². The normalized spacial score (nSPS) is 12.5. The molecule has 10 heteroatoms. The number of anilines is 1. The largest absolute Gasteiger partial charge is 0.480 e. The molecule has 3 aromatic carbocycles. The van der Waals surface area contributed by atoms with Crippen LogP contribution in [-0.2, 0) is 22.2 Å². The molecule has 0 saturated carbocycles. The predicted octanol–water partition coefficient (Wildman–Crippen LogP) is 5.50. The molecule has 3 rings (SSSR count). The number of nitrogens with one attached hydrogen (secondary N) is 3. The Kier molecular flexibility index (Phi) is 9.68. The number of benzene rings is 3. The molecule has 0 aliphatic rings. The molecule has 0 aliphatic heterocycles. The Labute approximate surface area is 216 Å². The van der Waals surface area contributed by atoms with Gasteiger partial charge in [0.2, 0.25) is 0 Å². The SMILES string of the molecule is CCCNC(=O)Nc1cccc(-c2ccc(CC(NS(=O)c3cc(Cl)ccc3Cl)C(=O)O)cc2)c1. The van der Waals surface area contributed by atoms with E-state index >= 15 is 0 Å². The van der Waals surface area contributed by atoms with Crippen LogP contribution in [0.1, 0.15) is 18.9 Å². The van der Waals surface area contributed by atoms with E-state index in [-0.39, 0.29) is 22.4 Å². The van der Waals surface area contributed by atoms with E-state index in [0.29, 0.717) is 17.3 Å². The summed E-state index contributed by atoms with van der Waals surface area (Å²) in [6, 6.07) is 18.0. The molecule has 4 N–H and O–H groups in total. The van der Waals surface area contributed by atoms with Crippen molar-refractivity contribution < 1.29 is 18.9 Å². The fourth-order valence-corrected chi connectivity index (χ4v) is 4.86. The van der Waals surface area contributed by atoms with Crippen LogP contribution >= 0.6 is 23.2 Å². The van der Waals surface area contributed by atoms with Gasteiger partial charge in [0.15, 0.2) is 0 Å². The number of hydrogen-bond donors (Lipinski definition) is 4. The number of carboxylic acids is 1. The number of amides is 2. The van der Waals surface area contributed by atoms with Crippen molar-refractivity contribution >= 4 is 51.9 Å². The molecule has 0 fully saturated rings. The van der Waals surface area contributed by atoms with E-state index in [1.165, 1.54) is 12.1 Å². The summed E-state index contributed by atoms with van der Waals surface area (Å²) < 4.78 is 15.3. The maximum absolute atomic E-state index is 12.7. The van der Waals surface area contributed by atoms with Gasteiger partial charge in [0.25, 0.3) is 0 Å². The Morgan fingerprint density at radius 3 is 2.43 bits per heavy atom. The first-order valence-corrected chi connectivity index (χ1v) is 12.8. The van der Waals surface area contributed by atoms with Gasteiger partial charge in [-0.25, -0.2) is 13.7 Å². The van der Waals surface area contributed by atoms with Gasteiger partial charge in [0.05, 0.1) is 9.92 Å². The summed E-state index contributed by atoms with van der Waals surface area (Å²) in [5.74, 6) is -1.14. The number of halogens is 2. The van der Waals surface area contributed by atoms with Gasteiger partial charge < -0.3 is 15.7 Å². The van der Waals surface area contributed by atoms with Gasteiger partial charge in [0, 0.05) is 17.3 Å². The second-order valence-electron chi connectivity index (χ2n) is 7.71. The molecule has 2 atom stereocenters. The first-order chi connectivity index (χ1) is 16.8. The number of carbonyl (C=O) groups excluding carboxylic acids is 1. The Hall–Kier alpha value is -2.91. The number of hydrogen-bond acceptors (Lipinski definition) is 3.